The number of alkyl halides is 3. The minimum Gasteiger partial charge on any atom is -0.346 e. The molecule has 0 aliphatic carbocycles. The number of amides is 1. The number of benzene rings is 2. The van der Waals surface area contributed by atoms with Gasteiger partial charge in [-0.2, -0.15) is 18.3 Å². The van der Waals surface area contributed by atoms with Crippen LogP contribution in [0.5, 0.6) is 0 Å². The van der Waals surface area contributed by atoms with Crippen LogP contribution in [0, 0.1) is 12.7 Å². The van der Waals surface area contributed by atoms with Gasteiger partial charge in [-0.1, -0.05) is 42.5 Å². The van der Waals surface area contributed by atoms with Crippen molar-refractivity contribution in [3.8, 4) is 27.5 Å². The number of aromatic nitrogens is 3. The van der Waals surface area contributed by atoms with Crippen LogP contribution in [0.25, 0.3) is 27.5 Å². The van der Waals surface area contributed by atoms with E-state index in [1.165, 1.54) is 35.6 Å². The quantitative estimate of drug-likeness (QED) is 0.232. The number of halogens is 4. The van der Waals surface area contributed by atoms with Crippen molar-refractivity contribution in [1.29, 1.82) is 0 Å². The minimum atomic E-state index is -4.44. The lowest BCUT2D eigenvalue weighted by molar-refractivity contribution is -0.137. The monoisotopic (exact) mass is 530 g/mol. The van der Waals surface area contributed by atoms with Gasteiger partial charge in [0.1, 0.15) is 5.82 Å². The van der Waals surface area contributed by atoms with Gasteiger partial charge >= 0.3 is 6.18 Å². The average molecular weight is 531 g/mol. The molecule has 0 atom stereocenters. The molecule has 0 bridgehead atoms. The van der Waals surface area contributed by atoms with Crippen molar-refractivity contribution in [2.45, 2.75) is 39.3 Å². The molecule has 0 radical (unpaired) electrons. The Bertz CT molecular complexity index is 1390. The molecule has 5 nitrogen and oxygen atoms in total. The zero-order valence-electron chi connectivity index (χ0n) is 20.6. The van der Waals surface area contributed by atoms with E-state index in [1.807, 2.05) is 13.8 Å². The predicted molar refractivity (Wildman–Crippen MR) is 136 cm³/mol. The molecule has 194 valence electrons. The van der Waals surface area contributed by atoms with Gasteiger partial charge in [0.15, 0.2) is 0 Å². The molecule has 37 heavy (non-hydrogen) atoms. The van der Waals surface area contributed by atoms with Gasteiger partial charge in [0.05, 0.1) is 17.0 Å². The van der Waals surface area contributed by atoms with Crippen LogP contribution in [-0.4, -0.2) is 39.2 Å². The number of nitrogens with zero attached hydrogens (tertiary/aromatic N) is 4. The second-order valence-corrected chi connectivity index (χ2v) is 9.80. The molecule has 0 N–H and O–H groups in total. The van der Waals surface area contributed by atoms with Crippen LogP contribution in [0.1, 0.15) is 35.9 Å². The summed E-state index contributed by atoms with van der Waals surface area (Å²) in [7, 11) is 1.75. The molecule has 0 saturated heterocycles. The van der Waals surface area contributed by atoms with Crippen molar-refractivity contribution < 1.29 is 22.4 Å². The lowest BCUT2D eigenvalue weighted by atomic mass is 10.1. The van der Waals surface area contributed by atoms with E-state index in [0.717, 1.165) is 29.0 Å². The second kappa shape index (κ2) is 10.8. The van der Waals surface area contributed by atoms with Crippen molar-refractivity contribution in [2.75, 3.05) is 13.6 Å². The topological polar surface area (TPSA) is 51.0 Å². The first-order chi connectivity index (χ1) is 17.6. The average Bonchev–Trinajstić information content (AvgIpc) is 3.46. The third-order valence-electron chi connectivity index (χ3n) is 5.95. The molecule has 2 aromatic carbocycles. The maximum Gasteiger partial charge on any atom is 0.416 e. The molecule has 1 amide bonds. The smallest absolute Gasteiger partial charge is 0.346 e. The van der Waals surface area contributed by atoms with Gasteiger partial charge in [0.2, 0.25) is 11.0 Å². The number of aryl methyl sites for hydroxylation is 2. The van der Waals surface area contributed by atoms with Crippen LogP contribution in [0.4, 0.5) is 17.6 Å². The Morgan fingerprint density at radius 2 is 1.84 bits per heavy atom. The van der Waals surface area contributed by atoms with Crippen LogP contribution in [-0.2, 0) is 17.4 Å². The lowest BCUT2D eigenvalue weighted by Crippen LogP contribution is -2.27. The summed E-state index contributed by atoms with van der Waals surface area (Å²) in [5, 5.41) is 5.05. The zero-order chi connectivity index (χ0) is 26.7. The molecule has 0 spiro atoms. The number of carbonyl (C=O) groups is 1. The summed E-state index contributed by atoms with van der Waals surface area (Å²) >= 11 is 1.33. The van der Waals surface area contributed by atoms with Gasteiger partial charge in [0, 0.05) is 42.2 Å². The third kappa shape index (κ3) is 6.07. The zero-order valence-corrected chi connectivity index (χ0v) is 21.5. The Labute approximate surface area is 216 Å². The first-order valence-corrected chi connectivity index (χ1v) is 12.6. The Morgan fingerprint density at radius 3 is 2.49 bits per heavy atom. The largest absolute Gasteiger partial charge is 0.416 e. The molecule has 10 heteroatoms. The van der Waals surface area contributed by atoms with Crippen molar-refractivity contribution in [3.05, 3.63) is 76.7 Å². The molecule has 4 rings (SSSR count). The van der Waals surface area contributed by atoms with Crippen molar-refractivity contribution in [3.63, 3.8) is 0 Å². The SMILES string of the molecule is CCCN(C)C(=O)CCc1sc(-n2cc(-c3cccc(F)c3)c(C)n2)nc1-c1ccc(C(F)(F)F)cc1. The summed E-state index contributed by atoms with van der Waals surface area (Å²) in [6, 6.07) is 11.0. The van der Waals surface area contributed by atoms with Gasteiger partial charge in [-0.15, -0.1) is 0 Å². The Kier molecular flexibility index (Phi) is 7.77. The molecule has 2 aromatic heterocycles. The highest BCUT2D eigenvalue weighted by atomic mass is 32.1. The Hall–Kier alpha value is -3.53. The molecule has 0 fully saturated rings. The summed E-state index contributed by atoms with van der Waals surface area (Å²) in [6.45, 7) is 4.45. The minimum absolute atomic E-state index is 0.0153. The number of hydrogen-bond donors (Lipinski definition) is 0. The second-order valence-electron chi connectivity index (χ2n) is 8.74. The summed E-state index contributed by atoms with van der Waals surface area (Å²) in [6.07, 6.45) is -1.21. The predicted octanol–water partition coefficient (Wildman–Crippen LogP) is 6.93. The van der Waals surface area contributed by atoms with E-state index in [2.05, 4.69) is 5.10 Å². The molecule has 0 unspecified atom stereocenters. The maximum absolute atomic E-state index is 13.8. The van der Waals surface area contributed by atoms with E-state index < -0.39 is 11.7 Å². The van der Waals surface area contributed by atoms with Crippen LogP contribution < -0.4 is 0 Å². The molecule has 2 heterocycles. The standard InChI is InChI=1S/C27H26F4N4OS/c1-4-14-34(3)24(36)13-12-23-25(18-8-10-20(11-9-18)27(29,30)31)32-26(37-23)35-16-22(17(2)33-35)19-6-5-7-21(28)15-19/h5-11,15-16H,4,12-14H2,1-3H3. The van der Waals surface area contributed by atoms with Crippen LogP contribution in [0.3, 0.4) is 0 Å². The summed E-state index contributed by atoms with van der Waals surface area (Å²) in [5.41, 5.74) is 2.38. The molecule has 4 aromatic rings. The third-order valence-corrected chi connectivity index (χ3v) is 7.06. The lowest BCUT2D eigenvalue weighted by Gasteiger charge is -2.15. The molecular weight excluding hydrogens is 504 g/mol. The molecular formula is C27H26F4N4OS. The summed E-state index contributed by atoms with van der Waals surface area (Å²) in [5.74, 6) is -0.373. The maximum atomic E-state index is 13.8. The highest BCUT2D eigenvalue weighted by Gasteiger charge is 2.30. The fourth-order valence-electron chi connectivity index (χ4n) is 4.02. The van der Waals surface area contributed by atoms with Gasteiger partial charge in [-0.05, 0) is 49.6 Å². The Morgan fingerprint density at radius 1 is 1.11 bits per heavy atom. The van der Waals surface area contributed by atoms with E-state index >= 15 is 0 Å². The van der Waals surface area contributed by atoms with Crippen molar-refractivity contribution in [1.82, 2.24) is 19.7 Å². The van der Waals surface area contributed by atoms with Gasteiger partial charge in [-0.3, -0.25) is 4.79 Å². The van der Waals surface area contributed by atoms with Crippen LogP contribution >= 0.6 is 11.3 Å². The number of rotatable bonds is 8. The van der Waals surface area contributed by atoms with E-state index in [-0.39, 0.29) is 18.1 Å². The fraction of sp³-hybridized carbons (Fsp3) is 0.296. The number of carbonyl (C=O) groups excluding carboxylic acids is 1. The van der Waals surface area contributed by atoms with Crippen molar-refractivity contribution >= 4 is 17.2 Å². The molecule has 0 saturated carbocycles. The highest BCUT2D eigenvalue weighted by Crippen LogP contribution is 2.35. The molecule has 0 aliphatic rings. The van der Waals surface area contributed by atoms with Gasteiger partial charge in [0.25, 0.3) is 0 Å². The highest BCUT2D eigenvalue weighted by molar-refractivity contribution is 7.14. The van der Waals surface area contributed by atoms with E-state index in [1.54, 1.807) is 35.0 Å². The molecule has 0 aliphatic heterocycles. The number of hydrogen-bond acceptors (Lipinski definition) is 4. The summed E-state index contributed by atoms with van der Waals surface area (Å²) < 4.78 is 54.6. The number of thiazole rings is 1. The van der Waals surface area contributed by atoms with Gasteiger partial charge < -0.3 is 4.90 Å². The van der Waals surface area contributed by atoms with E-state index in [0.29, 0.717) is 40.6 Å². The first kappa shape index (κ1) is 26.5. The fourth-order valence-corrected chi connectivity index (χ4v) is 5.03. The summed E-state index contributed by atoms with van der Waals surface area (Å²) in [4.78, 5) is 19.7. The first-order valence-electron chi connectivity index (χ1n) is 11.8. The van der Waals surface area contributed by atoms with E-state index in [4.69, 9.17) is 4.98 Å². The van der Waals surface area contributed by atoms with Crippen molar-refractivity contribution in [2.24, 2.45) is 0 Å². The Balaban J connectivity index is 1.70. The normalized spacial score (nSPS) is 11.6. The van der Waals surface area contributed by atoms with Crippen LogP contribution in [0.2, 0.25) is 0 Å². The van der Waals surface area contributed by atoms with E-state index in [9.17, 15) is 22.4 Å². The van der Waals surface area contributed by atoms with Crippen LogP contribution in [0.15, 0.2) is 54.7 Å². The van der Waals surface area contributed by atoms with Gasteiger partial charge in [-0.25, -0.2) is 14.1 Å².